The smallest absolute Gasteiger partial charge is 0.139 e. The molecule has 0 saturated carbocycles. The molecule has 0 atom stereocenters. The number of H-pyrrole nitrogens is 1. The molecule has 0 unspecified atom stereocenters. The van der Waals surface area contributed by atoms with Crippen molar-refractivity contribution in [3.63, 3.8) is 0 Å². The van der Waals surface area contributed by atoms with E-state index in [1.807, 2.05) is 31.7 Å². The van der Waals surface area contributed by atoms with Gasteiger partial charge in [-0.2, -0.15) is 0 Å². The predicted molar refractivity (Wildman–Crippen MR) is 96.8 cm³/mol. The van der Waals surface area contributed by atoms with Gasteiger partial charge >= 0.3 is 0 Å². The summed E-state index contributed by atoms with van der Waals surface area (Å²) in [6, 6.07) is 2.39. The van der Waals surface area contributed by atoms with Crippen molar-refractivity contribution in [3.05, 3.63) is 30.2 Å². The summed E-state index contributed by atoms with van der Waals surface area (Å²) >= 11 is 0. The number of rotatable bonds is 4. The number of nitrogens with two attached hydrogens (primary N) is 1. The number of anilines is 1. The quantitative estimate of drug-likeness (QED) is 0.755. The van der Waals surface area contributed by atoms with Crippen LogP contribution in [0.3, 0.4) is 0 Å². The molecule has 1 aliphatic rings. The lowest BCUT2D eigenvalue weighted by atomic mass is 10.0. The van der Waals surface area contributed by atoms with Crippen LogP contribution in [0.1, 0.15) is 18.4 Å². The number of nitrogens with one attached hydrogen (secondary N) is 2. The Morgan fingerprint density at radius 1 is 1.48 bits per heavy atom. The normalized spacial score (nSPS) is 18.1. The lowest BCUT2D eigenvalue weighted by molar-refractivity contribution is 0.257. The minimum Gasteiger partial charge on any atom is -0.404 e. The van der Waals surface area contributed by atoms with Gasteiger partial charge in [0.1, 0.15) is 5.65 Å². The fourth-order valence-corrected chi connectivity index (χ4v) is 3.03. The van der Waals surface area contributed by atoms with E-state index >= 15 is 0 Å². The van der Waals surface area contributed by atoms with Crippen LogP contribution in [0.15, 0.2) is 29.7 Å². The van der Waals surface area contributed by atoms with Crippen LogP contribution < -0.4 is 11.1 Å². The Hall–Kier alpha value is -2.34. The maximum Gasteiger partial charge on any atom is 0.139 e. The van der Waals surface area contributed by atoms with Gasteiger partial charge in [-0.15, -0.1) is 0 Å². The number of pyridine rings is 1. The van der Waals surface area contributed by atoms with E-state index in [0.717, 1.165) is 53.8 Å². The van der Waals surface area contributed by atoms with E-state index in [-0.39, 0.29) is 0 Å². The zero-order chi connectivity index (χ0) is 16.2. The van der Waals surface area contributed by atoms with Gasteiger partial charge in [-0.05, 0) is 39.0 Å². The first kappa shape index (κ1) is 15.6. The summed E-state index contributed by atoms with van der Waals surface area (Å²) in [7, 11) is 4.07. The van der Waals surface area contributed by atoms with Gasteiger partial charge < -0.3 is 20.9 Å². The highest BCUT2D eigenvalue weighted by atomic mass is 15.1. The Morgan fingerprint density at radius 2 is 2.26 bits per heavy atom. The predicted octanol–water partition coefficient (Wildman–Crippen LogP) is 2.07. The van der Waals surface area contributed by atoms with E-state index in [2.05, 4.69) is 27.2 Å². The molecule has 3 heterocycles. The van der Waals surface area contributed by atoms with E-state index in [1.165, 1.54) is 0 Å². The average molecular weight is 312 g/mol. The fourth-order valence-electron chi connectivity index (χ4n) is 3.03. The van der Waals surface area contributed by atoms with Gasteiger partial charge in [-0.3, -0.25) is 4.99 Å². The van der Waals surface area contributed by atoms with Crippen molar-refractivity contribution in [1.29, 1.82) is 0 Å². The SMILES string of the molecule is CNc1c(/C(C=NC2CCN(C)CC2)=C/N)cnc2[nH]ccc12. The average Bonchev–Trinajstić information content (AvgIpc) is 3.05. The Labute approximate surface area is 136 Å². The number of aliphatic imine (C=N–C) groups is 1. The highest BCUT2D eigenvalue weighted by Gasteiger charge is 2.16. The molecular formula is C17H24N6. The number of hydrogen-bond acceptors (Lipinski definition) is 5. The van der Waals surface area contributed by atoms with E-state index in [4.69, 9.17) is 10.7 Å². The fraction of sp³-hybridized carbons (Fsp3) is 0.412. The highest BCUT2D eigenvalue weighted by Crippen LogP contribution is 2.29. The van der Waals surface area contributed by atoms with Crippen molar-refractivity contribution in [3.8, 4) is 0 Å². The molecule has 2 aromatic rings. The highest BCUT2D eigenvalue weighted by molar-refractivity contribution is 6.14. The summed E-state index contributed by atoms with van der Waals surface area (Å²) in [5.41, 5.74) is 9.60. The maximum atomic E-state index is 5.86. The van der Waals surface area contributed by atoms with Gasteiger partial charge in [0, 0.05) is 48.4 Å². The van der Waals surface area contributed by atoms with Gasteiger partial charge in [-0.25, -0.2) is 4.98 Å². The third-order valence-electron chi connectivity index (χ3n) is 4.44. The molecule has 0 spiro atoms. The zero-order valence-electron chi connectivity index (χ0n) is 13.7. The first-order valence-corrected chi connectivity index (χ1v) is 8.00. The second-order valence-electron chi connectivity index (χ2n) is 5.97. The molecule has 0 bridgehead atoms. The molecule has 2 aromatic heterocycles. The summed E-state index contributed by atoms with van der Waals surface area (Å²) in [6.07, 6.45) is 9.42. The molecule has 23 heavy (non-hydrogen) atoms. The number of allylic oxidation sites excluding steroid dienone is 1. The molecule has 122 valence electrons. The lowest BCUT2D eigenvalue weighted by Crippen LogP contribution is -2.32. The summed E-state index contributed by atoms with van der Waals surface area (Å²) in [4.78, 5) is 14.7. The molecule has 3 rings (SSSR count). The van der Waals surface area contributed by atoms with Crippen molar-refractivity contribution in [2.45, 2.75) is 18.9 Å². The topological polar surface area (TPSA) is 82.3 Å². The van der Waals surface area contributed by atoms with Crippen LogP contribution in [0.5, 0.6) is 0 Å². The molecule has 0 radical (unpaired) electrons. The van der Waals surface area contributed by atoms with Crippen LogP contribution in [-0.4, -0.2) is 54.3 Å². The van der Waals surface area contributed by atoms with Gasteiger partial charge in [0.25, 0.3) is 0 Å². The molecule has 0 amide bonds. The number of fused-ring (bicyclic) bond motifs is 1. The molecule has 0 aromatic carbocycles. The molecular weight excluding hydrogens is 288 g/mol. The van der Waals surface area contributed by atoms with Crippen LogP contribution in [0, 0.1) is 0 Å². The van der Waals surface area contributed by atoms with Crippen molar-refractivity contribution < 1.29 is 0 Å². The summed E-state index contributed by atoms with van der Waals surface area (Å²) < 4.78 is 0. The third-order valence-corrected chi connectivity index (χ3v) is 4.44. The molecule has 1 fully saturated rings. The van der Waals surface area contributed by atoms with E-state index in [9.17, 15) is 0 Å². The number of aromatic amines is 1. The molecule has 4 N–H and O–H groups in total. The standard InChI is InChI=1S/C17H24N6/c1-19-16-14-3-6-20-17(14)22-11-15(16)12(9-18)10-21-13-4-7-23(2)8-5-13/h3,6,9-11,13H,4-5,7-8,18H2,1-2H3,(H2,19,20,22)/b12-9+,21-10?. The largest absolute Gasteiger partial charge is 0.404 e. The van der Waals surface area contributed by atoms with E-state index < -0.39 is 0 Å². The zero-order valence-corrected chi connectivity index (χ0v) is 13.7. The van der Waals surface area contributed by atoms with Crippen LogP contribution >= 0.6 is 0 Å². The number of nitrogens with zero attached hydrogens (tertiary/aromatic N) is 3. The van der Waals surface area contributed by atoms with Gasteiger partial charge in [0.15, 0.2) is 0 Å². The molecule has 1 saturated heterocycles. The maximum absolute atomic E-state index is 5.86. The minimum absolute atomic E-state index is 0.378. The summed E-state index contributed by atoms with van der Waals surface area (Å²) in [5.74, 6) is 0. The van der Waals surface area contributed by atoms with Crippen molar-refractivity contribution in [2.24, 2.45) is 10.7 Å². The molecule has 0 aliphatic carbocycles. The second kappa shape index (κ2) is 6.83. The molecule has 6 nitrogen and oxygen atoms in total. The number of aromatic nitrogens is 2. The third kappa shape index (κ3) is 3.22. The second-order valence-corrected chi connectivity index (χ2v) is 5.97. The number of piperidine rings is 1. The van der Waals surface area contributed by atoms with Gasteiger partial charge in [0.2, 0.25) is 0 Å². The molecule has 1 aliphatic heterocycles. The van der Waals surface area contributed by atoms with Gasteiger partial charge in [-0.1, -0.05) is 0 Å². The van der Waals surface area contributed by atoms with E-state index in [1.54, 1.807) is 6.20 Å². The van der Waals surface area contributed by atoms with Crippen LogP contribution in [0.2, 0.25) is 0 Å². The minimum atomic E-state index is 0.378. The first-order valence-electron chi connectivity index (χ1n) is 8.00. The monoisotopic (exact) mass is 312 g/mol. The van der Waals surface area contributed by atoms with Crippen LogP contribution in [0.25, 0.3) is 16.6 Å². The van der Waals surface area contributed by atoms with E-state index in [0.29, 0.717) is 6.04 Å². The van der Waals surface area contributed by atoms with Crippen molar-refractivity contribution >= 4 is 28.5 Å². The Balaban J connectivity index is 1.86. The number of likely N-dealkylation sites (tertiary alicyclic amines) is 1. The van der Waals surface area contributed by atoms with Gasteiger partial charge in [0.05, 0.1) is 11.7 Å². The Kier molecular flexibility index (Phi) is 4.62. The Bertz CT molecular complexity index is 722. The van der Waals surface area contributed by atoms with Crippen molar-refractivity contribution in [2.75, 3.05) is 32.5 Å². The van der Waals surface area contributed by atoms with Crippen molar-refractivity contribution in [1.82, 2.24) is 14.9 Å². The summed E-state index contributed by atoms with van der Waals surface area (Å²) in [6.45, 7) is 2.20. The van der Waals surface area contributed by atoms with Crippen LogP contribution in [0.4, 0.5) is 5.69 Å². The van der Waals surface area contributed by atoms with Crippen LogP contribution in [-0.2, 0) is 0 Å². The Morgan fingerprint density at radius 3 is 2.96 bits per heavy atom. The first-order chi connectivity index (χ1) is 11.2. The molecule has 6 heteroatoms. The lowest BCUT2D eigenvalue weighted by Gasteiger charge is -2.26. The summed E-state index contributed by atoms with van der Waals surface area (Å²) in [5, 5.41) is 4.31. The number of hydrogen-bond donors (Lipinski definition) is 3.